The Morgan fingerprint density at radius 3 is 2.86 bits per heavy atom. The number of hydrogen-bond acceptors (Lipinski definition) is 4. The van der Waals surface area contributed by atoms with Crippen LogP contribution in [0.15, 0.2) is 18.2 Å². The molecular weight excluding hydrogens is 325 g/mol. The Morgan fingerprint density at radius 1 is 1.36 bits per heavy atom. The zero-order valence-corrected chi connectivity index (χ0v) is 13.6. The van der Waals surface area contributed by atoms with E-state index in [1.807, 2.05) is 13.0 Å². The van der Waals surface area contributed by atoms with E-state index in [0.717, 1.165) is 16.5 Å². The maximum atomic E-state index is 10.9. The average Bonchev–Trinajstić information content (AvgIpc) is 2.75. The monoisotopic (exact) mass is 337 g/mol. The summed E-state index contributed by atoms with van der Waals surface area (Å²) in [5.74, 6) is -0.323. The molecule has 0 spiro atoms. The molecule has 3 aromatic rings. The van der Waals surface area contributed by atoms with Crippen LogP contribution in [0.3, 0.4) is 0 Å². The molecule has 0 unspecified atom stereocenters. The number of ether oxygens (including phenoxy) is 1. The summed E-state index contributed by atoms with van der Waals surface area (Å²) in [6.07, 6.45) is 0. The molecule has 0 bridgehead atoms. The molecule has 2 heterocycles. The maximum Gasteiger partial charge on any atom is 0.302 e. The van der Waals surface area contributed by atoms with Gasteiger partial charge in [0.05, 0.1) is 28.2 Å². The number of aryl methyl sites for hydroxylation is 1. The second-order valence-corrected chi connectivity index (χ2v) is 5.75. The molecule has 0 radical (unpaired) electrons. The number of aromatic nitrogens is 3. The van der Waals surface area contributed by atoms with Gasteiger partial charge in [0.25, 0.3) is 0 Å². The second-order valence-electron chi connectivity index (χ2n) is 4.93. The Morgan fingerprint density at radius 2 is 2.14 bits per heavy atom. The lowest BCUT2D eigenvalue weighted by atomic mass is 10.1. The number of fused-ring (bicyclic) bond motifs is 2. The number of carbonyl (C=O) groups excluding carboxylic acids is 1. The van der Waals surface area contributed by atoms with Crippen molar-refractivity contribution >= 4 is 51.1 Å². The summed E-state index contributed by atoms with van der Waals surface area (Å²) in [7, 11) is 0. The molecule has 0 fully saturated rings. The summed E-state index contributed by atoms with van der Waals surface area (Å²) in [6, 6.07) is 5.40. The Balaban J connectivity index is 2.15. The highest BCUT2D eigenvalue weighted by atomic mass is 35.5. The molecule has 0 amide bonds. The number of hydrogen-bond donors (Lipinski definition) is 0. The normalized spacial score (nSPS) is 11.3. The van der Waals surface area contributed by atoms with Gasteiger partial charge >= 0.3 is 5.97 Å². The minimum Gasteiger partial charge on any atom is -0.464 e. The minimum atomic E-state index is -0.323. The summed E-state index contributed by atoms with van der Waals surface area (Å²) < 4.78 is 6.65. The van der Waals surface area contributed by atoms with Crippen molar-refractivity contribution in [2.75, 3.05) is 6.61 Å². The van der Waals surface area contributed by atoms with Crippen LogP contribution in [0, 0.1) is 6.92 Å². The zero-order chi connectivity index (χ0) is 15.9. The number of benzene rings is 1. The molecule has 2 aromatic heterocycles. The molecule has 22 heavy (non-hydrogen) atoms. The molecule has 0 aliphatic heterocycles. The average molecular weight is 338 g/mol. The number of nitrogens with zero attached hydrogens (tertiary/aromatic N) is 3. The highest BCUT2D eigenvalue weighted by molar-refractivity contribution is 6.40. The highest BCUT2D eigenvalue weighted by Crippen LogP contribution is 2.33. The first-order chi connectivity index (χ1) is 10.5. The Kier molecular flexibility index (Phi) is 3.93. The first-order valence-corrected chi connectivity index (χ1v) is 7.48. The van der Waals surface area contributed by atoms with E-state index in [1.165, 1.54) is 6.92 Å². The first kappa shape index (κ1) is 15.1. The topological polar surface area (TPSA) is 57.0 Å². The molecule has 5 nitrogen and oxygen atoms in total. The van der Waals surface area contributed by atoms with Crippen LogP contribution in [-0.4, -0.2) is 27.3 Å². The molecule has 7 heteroatoms. The van der Waals surface area contributed by atoms with Gasteiger partial charge in [0, 0.05) is 17.3 Å². The van der Waals surface area contributed by atoms with Gasteiger partial charge in [0.2, 0.25) is 0 Å². The van der Waals surface area contributed by atoms with Crippen molar-refractivity contribution in [2.24, 2.45) is 0 Å². The summed E-state index contributed by atoms with van der Waals surface area (Å²) in [6.45, 7) is 3.90. The predicted octanol–water partition coefficient (Wildman–Crippen LogP) is 3.76. The van der Waals surface area contributed by atoms with Crippen LogP contribution in [0.4, 0.5) is 0 Å². The summed E-state index contributed by atoms with van der Waals surface area (Å²) >= 11 is 12.5. The minimum absolute atomic E-state index is 0.235. The van der Waals surface area contributed by atoms with Crippen LogP contribution < -0.4 is 0 Å². The van der Waals surface area contributed by atoms with Crippen molar-refractivity contribution in [2.45, 2.75) is 20.4 Å². The van der Waals surface area contributed by atoms with Gasteiger partial charge in [-0.3, -0.25) is 4.79 Å². The van der Waals surface area contributed by atoms with Gasteiger partial charge < -0.3 is 4.74 Å². The summed E-state index contributed by atoms with van der Waals surface area (Å²) in [5, 5.41) is 7.28. The van der Waals surface area contributed by atoms with Crippen LogP contribution in [0.25, 0.3) is 21.9 Å². The lowest BCUT2D eigenvalue weighted by molar-refractivity contribution is -0.141. The van der Waals surface area contributed by atoms with E-state index in [1.54, 1.807) is 16.8 Å². The zero-order valence-electron chi connectivity index (χ0n) is 12.1. The van der Waals surface area contributed by atoms with Crippen molar-refractivity contribution in [3.05, 3.63) is 33.9 Å². The second kappa shape index (κ2) is 5.74. The van der Waals surface area contributed by atoms with E-state index < -0.39 is 0 Å². The third-order valence-corrected chi connectivity index (χ3v) is 3.98. The Labute approximate surface area is 136 Å². The molecule has 0 aliphatic carbocycles. The van der Waals surface area contributed by atoms with Gasteiger partial charge in [-0.05, 0) is 25.1 Å². The quantitative estimate of drug-likeness (QED) is 0.682. The van der Waals surface area contributed by atoms with Crippen LogP contribution in [0.2, 0.25) is 10.0 Å². The number of pyridine rings is 1. The highest BCUT2D eigenvalue weighted by Gasteiger charge is 2.16. The van der Waals surface area contributed by atoms with Crippen molar-refractivity contribution in [1.82, 2.24) is 14.8 Å². The van der Waals surface area contributed by atoms with Crippen LogP contribution in [-0.2, 0) is 16.1 Å². The fourth-order valence-electron chi connectivity index (χ4n) is 2.40. The molecule has 0 N–H and O–H groups in total. The summed E-state index contributed by atoms with van der Waals surface area (Å²) in [5.41, 5.74) is 2.15. The molecule has 114 valence electrons. The van der Waals surface area contributed by atoms with E-state index in [4.69, 9.17) is 27.9 Å². The summed E-state index contributed by atoms with van der Waals surface area (Å²) in [4.78, 5) is 15.5. The molecule has 0 aliphatic rings. The lowest BCUT2D eigenvalue weighted by Gasteiger charge is -2.06. The number of carbonyl (C=O) groups is 1. The SMILES string of the molecule is CC(=O)OCCn1nc(C)c2c(Cl)c3ccc(Cl)cc3nc21. The van der Waals surface area contributed by atoms with Crippen molar-refractivity contribution in [3.8, 4) is 0 Å². The molecule has 0 saturated carbocycles. The van der Waals surface area contributed by atoms with E-state index in [2.05, 4.69) is 10.1 Å². The van der Waals surface area contributed by atoms with E-state index in [-0.39, 0.29) is 12.6 Å². The van der Waals surface area contributed by atoms with E-state index in [9.17, 15) is 4.79 Å². The Hall–Kier alpha value is -1.85. The van der Waals surface area contributed by atoms with Crippen molar-refractivity contribution < 1.29 is 9.53 Å². The smallest absolute Gasteiger partial charge is 0.302 e. The van der Waals surface area contributed by atoms with Gasteiger partial charge in [-0.1, -0.05) is 23.2 Å². The standard InChI is InChI=1S/C15H13Cl2N3O2/c1-8-13-14(17)11-4-3-10(16)7-12(11)18-15(13)20(19-8)5-6-22-9(2)21/h3-4,7H,5-6H2,1-2H3. The van der Waals surface area contributed by atoms with Gasteiger partial charge in [-0.2, -0.15) is 5.10 Å². The molecule has 1 aromatic carbocycles. The van der Waals surface area contributed by atoms with Crippen LogP contribution >= 0.6 is 23.2 Å². The molecule has 3 rings (SSSR count). The molecular formula is C15H13Cl2N3O2. The van der Waals surface area contributed by atoms with Gasteiger partial charge in [0.15, 0.2) is 5.65 Å². The molecule has 0 saturated heterocycles. The maximum absolute atomic E-state index is 10.9. The molecule has 0 atom stereocenters. The Bertz CT molecular complexity index is 889. The van der Waals surface area contributed by atoms with Crippen LogP contribution in [0.1, 0.15) is 12.6 Å². The lowest BCUT2D eigenvalue weighted by Crippen LogP contribution is -2.10. The van der Waals surface area contributed by atoms with E-state index >= 15 is 0 Å². The first-order valence-electron chi connectivity index (χ1n) is 6.72. The number of esters is 1. The van der Waals surface area contributed by atoms with Gasteiger partial charge in [-0.25, -0.2) is 9.67 Å². The fraction of sp³-hybridized carbons (Fsp3) is 0.267. The largest absolute Gasteiger partial charge is 0.464 e. The van der Waals surface area contributed by atoms with Gasteiger partial charge in [-0.15, -0.1) is 0 Å². The fourth-order valence-corrected chi connectivity index (χ4v) is 2.95. The van der Waals surface area contributed by atoms with E-state index in [0.29, 0.717) is 27.8 Å². The van der Waals surface area contributed by atoms with Crippen molar-refractivity contribution in [3.63, 3.8) is 0 Å². The predicted molar refractivity (Wildman–Crippen MR) is 86.4 cm³/mol. The third-order valence-electron chi connectivity index (χ3n) is 3.35. The number of rotatable bonds is 3. The van der Waals surface area contributed by atoms with Gasteiger partial charge in [0.1, 0.15) is 6.61 Å². The number of halogens is 2. The van der Waals surface area contributed by atoms with Crippen LogP contribution in [0.5, 0.6) is 0 Å². The third kappa shape index (κ3) is 2.62. The van der Waals surface area contributed by atoms with Crippen molar-refractivity contribution in [1.29, 1.82) is 0 Å².